The molecule has 2 heterocycles. The highest BCUT2D eigenvalue weighted by molar-refractivity contribution is 7.13. The first-order valence-electron chi connectivity index (χ1n) is 6.76. The number of amides is 1. The predicted molar refractivity (Wildman–Crippen MR) is 80.6 cm³/mol. The molecule has 3 rings (SSSR count). The number of ether oxygens (including phenoxy) is 3. The van der Waals surface area contributed by atoms with Crippen molar-refractivity contribution in [3.05, 3.63) is 40.1 Å². The molecule has 0 fully saturated rings. The zero-order chi connectivity index (χ0) is 17.3. The van der Waals surface area contributed by atoms with Gasteiger partial charge in [-0.2, -0.15) is 0 Å². The summed E-state index contributed by atoms with van der Waals surface area (Å²) in [6.07, 6.45) is -3.72. The summed E-state index contributed by atoms with van der Waals surface area (Å²) in [6, 6.07) is 7.18. The van der Waals surface area contributed by atoms with E-state index in [1.807, 2.05) is 6.92 Å². The Morgan fingerprint density at radius 2 is 1.96 bits per heavy atom. The Morgan fingerprint density at radius 1 is 1.21 bits per heavy atom. The summed E-state index contributed by atoms with van der Waals surface area (Å²) < 4.78 is 39.2. The fraction of sp³-hybridized carbons (Fsp3) is 0.200. The number of hydrogen-bond donors (Lipinski definition) is 1. The molecule has 0 saturated carbocycles. The number of rotatable bonds is 4. The van der Waals surface area contributed by atoms with E-state index < -0.39 is 24.8 Å². The average molecular weight is 355 g/mol. The van der Waals surface area contributed by atoms with Gasteiger partial charge in [0.1, 0.15) is 4.88 Å². The fourth-order valence-corrected chi connectivity index (χ4v) is 2.73. The molecule has 2 aromatic rings. The van der Waals surface area contributed by atoms with E-state index in [9.17, 15) is 18.4 Å². The van der Waals surface area contributed by atoms with E-state index in [0.717, 1.165) is 4.88 Å². The number of nitrogens with one attached hydrogen (secondary N) is 1. The second-order valence-corrected chi connectivity index (χ2v) is 6.15. The molecule has 0 aliphatic carbocycles. The van der Waals surface area contributed by atoms with Crippen molar-refractivity contribution in [2.45, 2.75) is 13.2 Å². The lowest BCUT2D eigenvalue weighted by Gasteiger charge is -2.06. The van der Waals surface area contributed by atoms with Crippen LogP contribution in [0.25, 0.3) is 0 Å². The number of benzene rings is 1. The van der Waals surface area contributed by atoms with E-state index in [1.54, 1.807) is 12.1 Å². The molecule has 6 nitrogen and oxygen atoms in total. The van der Waals surface area contributed by atoms with Gasteiger partial charge in [-0.05, 0) is 31.2 Å². The molecule has 1 amide bonds. The number of alkyl halides is 2. The maximum atomic E-state index is 12.9. The van der Waals surface area contributed by atoms with Gasteiger partial charge in [0, 0.05) is 16.6 Å². The highest BCUT2D eigenvalue weighted by Gasteiger charge is 2.43. The fourth-order valence-electron chi connectivity index (χ4n) is 1.97. The minimum atomic E-state index is -3.72. The summed E-state index contributed by atoms with van der Waals surface area (Å²) in [7, 11) is 0. The quantitative estimate of drug-likeness (QED) is 0.853. The number of anilines is 1. The van der Waals surface area contributed by atoms with Gasteiger partial charge >= 0.3 is 12.3 Å². The molecule has 0 atom stereocenters. The topological polar surface area (TPSA) is 73.9 Å². The minimum Gasteiger partial charge on any atom is -0.451 e. The largest absolute Gasteiger partial charge is 0.586 e. The zero-order valence-electron chi connectivity index (χ0n) is 12.3. The van der Waals surface area contributed by atoms with Crippen LogP contribution >= 0.6 is 11.3 Å². The van der Waals surface area contributed by atoms with Gasteiger partial charge in [-0.1, -0.05) is 0 Å². The lowest BCUT2D eigenvalue weighted by atomic mass is 10.3. The standard InChI is InChI=1S/C15H11F2NO5S/c1-8-2-5-12(24-8)14(20)21-7-13(19)18-9-3-4-10-11(6-9)23-15(16,17)22-10/h2-6H,7H2,1H3,(H,18,19). The summed E-state index contributed by atoms with van der Waals surface area (Å²) >= 11 is 1.26. The third-order valence-electron chi connectivity index (χ3n) is 2.96. The first-order valence-corrected chi connectivity index (χ1v) is 7.57. The molecule has 1 aliphatic heterocycles. The van der Waals surface area contributed by atoms with E-state index in [1.165, 1.54) is 29.5 Å². The second-order valence-electron chi connectivity index (χ2n) is 4.86. The van der Waals surface area contributed by atoms with Gasteiger partial charge in [0.15, 0.2) is 18.1 Å². The number of aryl methyl sites for hydroxylation is 1. The van der Waals surface area contributed by atoms with Gasteiger partial charge in [0.05, 0.1) is 0 Å². The molecule has 0 radical (unpaired) electrons. The van der Waals surface area contributed by atoms with Gasteiger partial charge < -0.3 is 19.5 Å². The van der Waals surface area contributed by atoms with E-state index in [2.05, 4.69) is 14.8 Å². The molecule has 0 spiro atoms. The van der Waals surface area contributed by atoms with Crippen LogP contribution in [0.4, 0.5) is 14.5 Å². The molecule has 1 aromatic carbocycles. The normalized spacial score (nSPS) is 14.3. The molecule has 0 bridgehead atoms. The van der Waals surface area contributed by atoms with E-state index >= 15 is 0 Å². The third kappa shape index (κ3) is 3.62. The smallest absolute Gasteiger partial charge is 0.451 e. The number of carbonyl (C=O) groups is 2. The van der Waals surface area contributed by atoms with Crippen molar-refractivity contribution in [1.82, 2.24) is 0 Å². The number of thiophene rings is 1. The van der Waals surface area contributed by atoms with Gasteiger partial charge in [-0.15, -0.1) is 20.1 Å². The highest BCUT2D eigenvalue weighted by Crippen LogP contribution is 2.42. The molecular weight excluding hydrogens is 344 g/mol. The van der Waals surface area contributed by atoms with E-state index in [4.69, 9.17) is 4.74 Å². The summed E-state index contributed by atoms with van der Waals surface area (Å²) in [5, 5.41) is 2.42. The Labute approximate surface area is 138 Å². The molecule has 1 aromatic heterocycles. The summed E-state index contributed by atoms with van der Waals surface area (Å²) in [5.41, 5.74) is 0.211. The summed E-state index contributed by atoms with van der Waals surface area (Å²) in [5.74, 6) is -1.53. The minimum absolute atomic E-state index is 0.127. The molecule has 1 aliphatic rings. The van der Waals surface area contributed by atoms with Crippen LogP contribution in [0.5, 0.6) is 11.5 Å². The van der Waals surface area contributed by atoms with Crippen molar-refractivity contribution in [1.29, 1.82) is 0 Å². The van der Waals surface area contributed by atoms with Gasteiger partial charge in [-0.25, -0.2) is 4.79 Å². The Bertz CT molecular complexity index is 805. The van der Waals surface area contributed by atoms with Crippen molar-refractivity contribution < 1.29 is 32.6 Å². The van der Waals surface area contributed by atoms with E-state index in [-0.39, 0.29) is 17.2 Å². The monoisotopic (exact) mass is 355 g/mol. The maximum absolute atomic E-state index is 12.9. The van der Waals surface area contributed by atoms with Gasteiger partial charge in [0.25, 0.3) is 5.91 Å². The predicted octanol–water partition coefficient (Wildman–Crippen LogP) is 3.17. The summed E-state index contributed by atoms with van der Waals surface area (Å²) in [4.78, 5) is 24.8. The van der Waals surface area contributed by atoms with Crippen LogP contribution in [-0.2, 0) is 9.53 Å². The van der Waals surface area contributed by atoms with Crippen LogP contribution in [0, 0.1) is 6.92 Å². The number of fused-ring (bicyclic) bond motifs is 1. The molecule has 9 heteroatoms. The van der Waals surface area contributed by atoms with Crippen molar-refractivity contribution in [2.75, 3.05) is 11.9 Å². The highest BCUT2D eigenvalue weighted by atomic mass is 32.1. The number of halogens is 2. The third-order valence-corrected chi connectivity index (χ3v) is 3.94. The number of esters is 1. The van der Waals surface area contributed by atoms with Crippen molar-refractivity contribution in [3.8, 4) is 11.5 Å². The van der Waals surface area contributed by atoms with Crippen LogP contribution in [-0.4, -0.2) is 24.8 Å². The number of carbonyl (C=O) groups excluding carboxylic acids is 2. The van der Waals surface area contributed by atoms with Crippen LogP contribution in [0.3, 0.4) is 0 Å². The van der Waals surface area contributed by atoms with Gasteiger partial charge in [0.2, 0.25) is 0 Å². The van der Waals surface area contributed by atoms with Crippen LogP contribution in [0.15, 0.2) is 30.3 Å². The molecule has 1 N–H and O–H groups in total. The average Bonchev–Trinajstić information content (AvgIpc) is 3.06. The molecule has 24 heavy (non-hydrogen) atoms. The Morgan fingerprint density at radius 3 is 2.67 bits per heavy atom. The summed E-state index contributed by atoms with van der Waals surface area (Å²) in [6.45, 7) is 1.34. The molecule has 0 unspecified atom stereocenters. The first-order chi connectivity index (χ1) is 11.3. The molecular formula is C15H11F2NO5S. The Hall–Kier alpha value is -2.68. The number of hydrogen-bond acceptors (Lipinski definition) is 6. The Kier molecular flexibility index (Phi) is 4.10. The molecule has 0 saturated heterocycles. The van der Waals surface area contributed by atoms with Crippen molar-refractivity contribution in [2.24, 2.45) is 0 Å². The lowest BCUT2D eigenvalue weighted by Crippen LogP contribution is -2.25. The van der Waals surface area contributed by atoms with Crippen molar-refractivity contribution >= 4 is 28.9 Å². The lowest BCUT2D eigenvalue weighted by molar-refractivity contribution is -0.286. The van der Waals surface area contributed by atoms with Crippen LogP contribution in [0.1, 0.15) is 14.5 Å². The van der Waals surface area contributed by atoms with E-state index in [0.29, 0.717) is 4.88 Å². The maximum Gasteiger partial charge on any atom is 0.586 e. The first kappa shape index (κ1) is 16.2. The van der Waals surface area contributed by atoms with Crippen molar-refractivity contribution in [3.63, 3.8) is 0 Å². The zero-order valence-corrected chi connectivity index (χ0v) is 13.1. The Balaban J connectivity index is 1.55. The SMILES string of the molecule is Cc1ccc(C(=O)OCC(=O)Nc2ccc3c(c2)OC(F)(F)O3)s1. The van der Waals surface area contributed by atoms with Crippen LogP contribution in [0.2, 0.25) is 0 Å². The molecule has 126 valence electrons. The second kappa shape index (κ2) is 6.08. The van der Waals surface area contributed by atoms with Crippen LogP contribution < -0.4 is 14.8 Å². The van der Waals surface area contributed by atoms with Gasteiger partial charge in [-0.3, -0.25) is 4.79 Å².